The van der Waals surface area contributed by atoms with Gasteiger partial charge in [-0.15, -0.1) is 11.3 Å². The fraction of sp³-hybridized carbons (Fsp3) is 0.0667. The fourth-order valence-corrected chi connectivity index (χ4v) is 2.70. The molecule has 1 N–H and O–H groups in total. The highest BCUT2D eigenvalue weighted by Crippen LogP contribution is 2.26. The first-order valence-electron chi connectivity index (χ1n) is 6.54. The third kappa shape index (κ3) is 3.64. The van der Waals surface area contributed by atoms with Crippen LogP contribution in [0, 0.1) is 0 Å². The Kier molecular flexibility index (Phi) is 4.50. The molecule has 3 aromatic rings. The van der Waals surface area contributed by atoms with Crippen molar-refractivity contribution >= 4 is 34.0 Å². The van der Waals surface area contributed by atoms with Gasteiger partial charge in [0.1, 0.15) is 16.6 Å². The topological polar surface area (TPSA) is 77.0 Å². The molecular formula is C15H11ClN4O2S. The van der Waals surface area contributed by atoms with Crippen molar-refractivity contribution in [3.63, 3.8) is 0 Å². The number of halogens is 1. The van der Waals surface area contributed by atoms with Crippen molar-refractivity contribution < 1.29 is 9.53 Å². The molecule has 0 aliphatic carbocycles. The molecule has 1 amide bonds. The number of methoxy groups -OCH3 is 1. The average Bonchev–Trinajstić information content (AvgIpc) is 3.03. The van der Waals surface area contributed by atoms with Crippen LogP contribution < -0.4 is 10.1 Å². The van der Waals surface area contributed by atoms with Gasteiger partial charge in [-0.1, -0.05) is 11.6 Å². The van der Waals surface area contributed by atoms with Crippen molar-refractivity contribution in [1.29, 1.82) is 0 Å². The van der Waals surface area contributed by atoms with Gasteiger partial charge in [-0.25, -0.2) is 9.97 Å². The number of rotatable bonds is 4. The van der Waals surface area contributed by atoms with E-state index in [4.69, 9.17) is 16.3 Å². The highest BCUT2D eigenvalue weighted by molar-refractivity contribution is 7.14. The van der Waals surface area contributed by atoms with Gasteiger partial charge in [0.05, 0.1) is 25.2 Å². The lowest BCUT2D eigenvalue weighted by molar-refractivity contribution is 0.102. The number of ether oxygens (including phenoxy) is 1. The Morgan fingerprint density at radius 2 is 2.00 bits per heavy atom. The number of benzene rings is 1. The molecule has 0 aliphatic heterocycles. The summed E-state index contributed by atoms with van der Waals surface area (Å²) in [6.45, 7) is 0. The van der Waals surface area contributed by atoms with Gasteiger partial charge >= 0.3 is 0 Å². The Hall–Kier alpha value is -2.51. The van der Waals surface area contributed by atoms with Crippen LogP contribution in [0.2, 0.25) is 5.15 Å². The van der Waals surface area contributed by atoms with E-state index in [0.29, 0.717) is 5.13 Å². The van der Waals surface area contributed by atoms with Gasteiger partial charge in [0, 0.05) is 10.9 Å². The molecule has 23 heavy (non-hydrogen) atoms. The van der Waals surface area contributed by atoms with Gasteiger partial charge in [0.2, 0.25) is 0 Å². The minimum absolute atomic E-state index is 0.138. The predicted molar refractivity (Wildman–Crippen MR) is 89.1 cm³/mol. The molecule has 2 aromatic heterocycles. The standard InChI is InChI=1S/C15H11ClN4O2S/c1-22-10-4-2-9(3-5-10)12-8-23-15(19-12)20-14(21)11-6-17-7-13(16)18-11/h2-8H,1H3,(H,19,20,21). The number of carbonyl (C=O) groups is 1. The van der Waals surface area contributed by atoms with E-state index in [1.54, 1.807) is 7.11 Å². The predicted octanol–water partition coefficient (Wildman–Crippen LogP) is 3.51. The zero-order chi connectivity index (χ0) is 16.2. The number of thiazole rings is 1. The van der Waals surface area contributed by atoms with Crippen molar-refractivity contribution in [1.82, 2.24) is 15.0 Å². The Labute approximate surface area is 141 Å². The lowest BCUT2D eigenvalue weighted by Gasteiger charge is -2.01. The highest BCUT2D eigenvalue weighted by Gasteiger charge is 2.12. The average molecular weight is 347 g/mol. The molecule has 0 spiro atoms. The first kappa shape index (κ1) is 15.4. The summed E-state index contributed by atoms with van der Waals surface area (Å²) in [4.78, 5) is 24.2. The second-order valence-electron chi connectivity index (χ2n) is 4.45. The first-order valence-corrected chi connectivity index (χ1v) is 7.80. The van der Waals surface area contributed by atoms with E-state index in [0.717, 1.165) is 17.0 Å². The van der Waals surface area contributed by atoms with E-state index in [-0.39, 0.29) is 10.8 Å². The largest absolute Gasteiger partial charge is 0.497 e. The number of amides is 1. The van der Waals surface area contributed by atoms with Crippen LogP contribution in [0.3, 0.4) is 0 Å². The second kappa shape index (κ2) is 6.72. The molecule has 0 fully saturated rings. The first-order chi connectivity index (χ1) is 11.2. The van der Waals surface area contributed by atoms with E-state index in [9.17, 15) is 4.79 Å². The minimum atomic E-state index is -0.407. The molecule has 0 unspecified atom stereocenters. The summed E-state index contributed by atoms with van der Waals surface area (Å²) >= 11 is 7.05. The molecule has 3 rings (SSSR count). The van der Waals surface area contributed by atoms with Crippen LogP contribution in [-0.2, 0) is 0 Å². The molecule has 116 valence electrons. The van der Waals surface area contributed by atoms with Crippen molar-refractivity contribution in [2.24, 2.45) is 0 Å². The van der Waals surface area contributed by atoms with Crippen LogP contribution in [0.5, 0.6) is 5.75 Å². The smallest absolute Gasteiger partial charge is 0.277 e. The maximum Gasteiger partial charge on any atom is 0.277 e. The third-order valence-corrected chi connectivity index (χ3v) is 3.89. The van der Waals surface area contributed by atoms with Crippen LogP contribution >= 0.6 is 22.9 Å². The summed E-state index contributed by atoms with van der Waals surface area (Å²) < 4.78 is 5.12. The van der Waals surface area contributed by atoms with Crippen LogP contribution in [0.15, 0.2) is 42.0 Å². The summed E-state index contributed by atoms with van der Waals surface area (Å²) in [6.07, 6.45) is 2.71. The molecule has 0 saturated carbocycles. The van der Waals surface area contributed by atoms with Gasteiger partial charge in [-0.3, -0.25) is 15.1 Å². The number of hydrogen-bond acceptors (Lipinski definition) is 6. The number of nitrogens with one attached hydrogen (secondary N) is 1. The summed E-state index contributed by atoms with van der Waals surface area (Å²) in [5.74, 6) is 0.368. The van der Waals surface area contributed by atoms with E-state index in [1.807, 2.05) is 29.6 Å². The van der Waals surface area contributed by atoms with E-state index in [2.05, 4.69) is 20.3 Å². The molecule has 0 radical (unpaired) electrons. The Bertz CT molecular complexity index is 836. The SMILES string of the molecule is COc1ccc(-c2csc(NC(=O)c3cncc(Cl)n3)n2)cc1. The van der Waals surface area contributed by atoms with Gasteiger partial charge in [0.15, 0.2) is 5.13 Å². The summed E-state index contributed by atoms with van der Waals surface area (Å²) in [5, 5.41) is 5.18. The van der Waals surface area contributed by atoms with Crippen LogP contribution in [0.4, 0.5) is 5.13 Å². The second-order valence-corrected chi connectivity index (χ2v) is 5.69. The maximum atomic E-state index is 12.1. The maximum absolute atomic E-state index is 12.1. The summed E-state index contributed by atoms with van der Waals surface area (Å²) in [7, 11) is 1.62. The Balaban J connectivity index is 1.75. The number of nitrogens with zero attached hydrogens (tertiary/aromatic N) is 3. The molecule has 2 heterocycles. The number of aromatic nitrogens is 3. The number of hydrogen-bond donors (Lipinski definition) is 1. The molecule has 0 bridgehead atoms. The molecule has 6 nitrogen and oxygen atoms in total. The lowest BCUT2D eigenvalue weighted by Crippen LogP contribution is -2.13. The fourth-order valence-electron chi connectivity index (χ4n) is 1.84. The van der Waals surface area contributed by atoms with Gasteiger partial charge in [-0.05, 0) is 24.3 Å². The van der Waals surface area contributed by atoms with Crippen molar-refractivity contribution in [2.75, 3.05) is 12.4 Å². The zero-order valence-electron chi connectivity index (χ0n) is 12.0. The molecule has 1 aromatic carbocycles. The van der Waals surface area contributed by atoms with Gasteiger partial charge in [0.25, 0.3) is 5.91 Å². The van der Waals surface area contributed by atoms with E-state index < -0.39 is 5.91 Å². The molecular weight excluding hydrogens is 336 g/mol. The summed E-state index contributed by atoms with van der Waals surface area (Å²) in [5.41, 5.74) is 1.84. The van der Waals surface area contributed by atoms with Crippen molar-refractivity contribution in [3.8, 4) is 17.0 Å². The molecule has 0 aliphatic rings. The molecule has 8 heteroatoms. The van der Waals surface area contributed by atoms with Crippen molar-refractivity contribution in [3.05, 3.63) is 52.9 Å². The van der Waals surface area contributed by atoms with Gasteiger partial charge in [-0.2, -0.15) is 0 Å². The molecule has 0 saturated heterocycles. The minimum Gasteiger partial charge on any atom is -0.497 e. The Morgan fingerprint density at radius 3 is 2.70 bits per heavy atom. The molecule has 0 atom stereocenters. The quantitative estimate of drug-likeness (QED) is 0.782. The highest BCUT2D eigenvalue weighted by atomic mass is 35.5. The lowest BCUT2D eigenvalue weighted by atomic mass is 10.2. The number of carbonyl (C=O) groups excluding carboxylic acids is 1. The van der Waals surface area contributed by atoms with Crippen LogP contribution in [-0.4, -0.2) is 28.0 Å². The monoisotopic (exact) mass is 346 g/mol. The Morgan fingerprint density at radius 1 is 1.22 bits per heavy atom. The van der Waals surface area contributed by atoms with E-state index >= 15 is 0 Å². The van der Waals surface area contributed by atoms with Crippen LogP contribution in [0.1, 0.15) is 10.5 Å². The van der Waals surface area contributed by atoms with Crippen LogP contribution in [0.25, 0.3) is 11.3 Å². The third-order valence-electron chi connectivity index (χ3n) is 2.95. The van der Waals surface area contributed by atoms with E-state index in [1.165, 1.54) is 23.7 Å². The normalized spacial score (nSPS) is 10.3. The number of anilines is 1. The van der Waals surface area contributed by atoms with Gasteiger partial charge < -0.3 is 4.74 Å². The van der Waals surface area contributed by atoms with Crippen molar-refractivity contribution in [2.45, 2.75) is 0 Å². The summed E-state index contributed by atoms with van der Waals surface area (Å²) in [6, 6.07) is 7.52. The zero-order valence-corrected chi connectivity index (χ0v) is 13.6.